The van der Waals surface area contributed by atoms with Crippen LogP contribution in [0.15, 0.2) is 18.2 Å². The van der Waals surface area contributed by atoms with E-state index in [0.717, 1.165) is 25.9 Å². The van der Waals surface area contributed by atoms with E-state index in [0.29, 0.717) is 29.8 Å². The lowest BCUT2D eigenvalue weighted by Crippen LogP contribution is -2.32. The SMILES string of the molecule is CSCc1cc(C(=O)NCCC(=O)N2CCCC2)ccc1F. The molecular weight excluding hydrogens is 303 g/mol. The number of thioether (sulfide) groups is 1. The smallest absolute Gasteiger partial charge is 0.251 e. The van der Waals surface area contributed by atoms with E-state index in [1.54, 1.807) is 6.07 Å². The molecule has 0 bridgehead atoms. The second-order valence-corrected chi connectivity index (χ2v) is 6.20. The number of likely N-dealkylation sites (tertiary alicyclic amines) is 1. The largest absolute Gasteiger partial charge is 0.352 e. The van der Waals surface area contributed by atoms with E-state index in [-0.39, 0.29) is 17.6 Å². The first-order chi connectivity index (χ1) is 10.6. The van der Waals surface area contributed by atoms with Gasteiger partial charge in [0.1, 0.15) is 5.82 Å². The Morgan fingerprint density at radius 2 is 2.05 bits per heavy atom. The maximum atomic E-state index is 13.6. The van der Waals surface area contributed by atoms with Crippen molar-refractivity contribution in [3.63, 3.8) is 0 Å². The lowest BCUT2D eigenvalue weighted by molar-refractivity contribution is -0.129. The van der Waals surface area contributed by atoms with Crippen LogP contribution in [0.1, 0.15) is 35.2 Å². The van der Waals surface area contributed by atoms with Crippen LogP contribution in [0.2, 0.25) is 0 Å². The van der Waals surface area contributed by atoms with Gasteiger partial charge in [0.25, 0.3) is 5.91 Å². The maximum absolute atomic E-state index is 13.6. The van der Waals surface area contributed by atoms with Gasteiger partial charge in [-0.1, -0.05) is 0 Å². The number of amides is 2. The highest BCUT2D eigenvalue weighted by atomic mass is 32.2. The minimum absolute atomic E-state index is 0.0833. The van der Waals surface area contributed by atoms with Crippen LogP contribution in [-0.2, 0) is 10.5 Å². The number of rotatable bonds is 6. The summed E-state index contributed by atoms with van der Waals surface area (Å²) in [6.45, 7) is 1.95. The van der Waals surface area contributed by atoms with Crippen LogP contribution in [0, 0.1) is 5.82 Å². The van der Waals surface area contributed by atoms with Gasteiger partial charge in [0.2, 0.25) is 5.91 Å². The average molecular weight is 324 g/mol. The fourth-order valence-corrected chi connectivity index (χ4v) is 3.02. The van der Waals surface area contributed by atoms with Crippen molar-refractivity contribution < 1.29 is 14.0 Å². The Morgan fingerprint density at radius 1 is 1.32 bits per heavy atom. The van der Waals surface area contributed by atoms with Gasteiger partial charge in [-0.25, -0.2) is 4.39 Å². The fourth-order valence-electron chi connectivity index (χ4n) is 2.49. The zero-order chi connectivity index (χ0) is 15.9. The number of benzene rings is 1. The van der Waals surface area contributed by atoms with Gasteiger partial charge < -0.3 is 10.2 Å². The summed E-state index contributed by atoms with van der Waals surface area (Å²) in [5.74, 6) is 0.0482. The Bertz CT molecular complexity index is 545. The van der Waals surface area contributed by atoms with Crippen LogP contribution in [-0.4, -0.2) is 42.6 Å². The predicted molar refractivity (Wildman–Crippen MR) is 86.4 cm³/mol. The quantitative estimate of drug-likeness (QED) is 0.874. The molecule has 0 aromatic heterocycles. The molecule has 22 heavy (non-hydrogen) atoms. The summed E-state index contributed by atoms with van der Waals surface area (Å²) in [7, 11) is 0. The summed E-state index contributed by atoms with van der Waals surface area (Å²) in [5.41, 5.74) is 0.951. The van der Waals surface area contributed by atoms with Crippen molar-refractivity contribution in [2.45, 2.75) is 25.0 Å². The Labute approximate surface area is 134 Å². The number of halogens is 1. The number of hydrogen-bond acceptors (Lipinski definition) is 3. The van der Waals surface area contributed by atoms with Crippen LogP contribution in [0.5, 0.6) is 0 Å². The molecule has 1 aliphatic heterocycles. The standard InChI is InChI=1S/C16H21FN2O2S/c1-22-11-13-10-12(4-5-14(13)17)16(21)18-7-6-15(20)19-8-2-3-9-19/h4-5,10H,2-3,6-9,11H2,1H3,(H,18,21). The van der Waals surface area contributed by atoms with E-state index in [2.05, 4.69) is 5.32 Å². The van der Waals surface area contributed by atoms with Crippen molar-refractivity contribution >= 4 is 23.6 Å². The monoisotopic (exact) mass is 324 g/mol. The minimum Gasteiger partial charge on any atom is -0.352 e. The molecule has 0 radical (unpaired) electrons. The van der Waals surface area contributed by atoms with Crippen molar-refractivity contribution in [3.8, 4) is 0 Å². The maximum Gasteiger partial charge on any atom is 0.251 e. The molecular formula is C16H21FN2O2S. The second kappa shape index (κ2) is 8.17. The number of nitrogens with one attached hydrogen (secondary N) is 1. The summed E-state index contributed by atoms with van der Waals surface area (Å²) >= 11 is 1.50. The highest BCUT2D eigenvalue weighted by molar-refractivity contribution is 7.97. The van der Waals surface area contributed by atoms with Crippen LogP contribution in [0.25, 0.3) is 0 Å². The number of hydrogen-bond donors (Lipinski definition) is 1. The zero-order valence-electron chi connectivity index (χ0n) is 12.7. The topological polar surface area (TPSA) is 49.4 Å². The molecule has 2 amide bonds. The Morgan fingerprint density at radius 3 is 2.73 bits per heavy atom. The Balaban J connectivity index is 1.84. The van der Waals surface area contributed by atoms with Crippen molar-refractivity contribution in [3.05, 3.63) is 35.1 Å². The van der Waals surface area contributed by atoms with Gasteiger partial charge in [-0.3, -0.25) is 9.59 Å². The zero-order valence-corrected chi connectivity index (χ0v) is 13.5. The number of nitrogens with zero attached hydrogens (tertiary/aromatic N) is 1. The normalized spacial score (nSPS) is 14.2. The van der Waals surface area contributed by atoms with Crippen LogP contribution in [0.4, 0.5) is 4.39 Å². The van der Waals surface area contributed by atoms with Crippen LogP contribution < -0.4 is 5.32 Å². The third-order valence-corrected chi connectivity index (χ3v) is 4.29. The first kappa shape index (κ1) is 16.8. The van der Waals surface area contributed by atoms with E-state index in [1.807, 2.05) is 11.2 Å². The Hall–Kier alpha value is -1.56. The van der Waals surface area contributed by atoms with Gasteiger partial charge in [-0.15, -0.1) is 0 Å². The van der Waals surface area contributed by atoms with Gasteiger partial charge in [0.05, 0.1) is 0 Å². The van der Waals surface area contributed by atoms with Crippen molar-refractivity contribution in [2.24, 2.45) is 0 Å². The molecule has 0 aliphatic carbocycles. The fraction of sp³-hybridized carbons (Fsp3) is 0.500. The van der Waals surface area contributed by atoms with Crippen molar-refractivity contribution in [1.82, 2.24) is 10.2 Å². The summed E-state index contributed by atoms with van der Waals surface area (Å²) < 4.78 is 13.6. The van der Waals surface area contributed by atoms with Gasteiger partial charge in [0, 0.05) is 37.4 Å². The van der Waals surface area contributed by atoms with Gasteiger partial charge in [-0.05, 0) is 42.9 Å². The van der Waals surface area contributed by atoms with E-state index >= 15 is 0 Å². The third kappa shape index (κ3) is 4.47. The van der Waals surface area contributed by atoms with E-state index in [9.17, 15) is 14.0 Å². The summed E-state index contributed by atoms with van der Waals surface area (Å²) in [4.78, 5) is 25.8. The lowest BCUT2D eigenvalue weighted by Gasteiger charge is -2.15. The van der Waals surface area contributed by atoms with Crippen molar-refractivity contribution in [1.29, 1.82) is 0 Å². The molecule has 4 nitrogen and oxygen atoms in total. The molecule has 6 heteroatoms. The highest BCUT2D eigenvalue weighted by Crippen LogP contribution is 2.16. The predicted octanol–water partition coefficient (Wildman–Crippen LogP) is 2.43. The first-order valence-corrected chi connectivity index (χ1v) is 8.84. The molecule has 0 spiro atoms. The van der Waals surface area contributed by atoms with Crippen LogP contribution >= 0.6 is 11.8 Å². The molecule has 1 saturated heterocycles. The number of carbonyl (C=O) groups excluding carboxylic acids is 2. The highest BCUT2D eigenvalue weighted by Gasteiger charge is 2.17. The number of carbonyl (C=O) groups is 2. The van der Waals surface area contributed by atoms with Gasteiger partial charge >= 0.3 is 0 Å². The molecule has 0 unspecified atom stereocenters. The van der Waals surface area contributed by atoms with Gasteiger partial charge in [0.15, 0.2) is 0 Å². The molecule has 1 N–H and O–H groups in total. The lowest BCUT2D eigenvalue weighted by atomic mass is 10.1. The third-order valence-electron chi connectivity index (χ3n) is 3.69. The van der Waals surface area contributed by atoms with Crippen molar-refractivity contribution in [2.75, 3.05) is 25.9 Å². The molecule has 1 aromatic carbocycles. The molecule has 1 fully saturated rings. The van der Waals surface area contributed by atoms with E-state index in [1.165, 1.54) is 23.9 Å². The molecule has 2 rings (SSSR count). The summed E-state index contributed by atoms with van der Waals surface area (Å²) in [5, 5.41) is 2.73. The molecule has 1 aromatic rings. The molecule has 0 atom stereocenters. The molecule has 120 valence electrons. The minimum atomic E-state index is -0.296. The molecule has 1 aliphatic rings. The van der Waals surface area contributed by atoms with E-state index < -0.39 is 0 Å². The molecule has 1 heterocycles. The first-order valence-electron chi connectivity index (χ1n) is 7.45. The van der Waals surface area contributed by atoms with E-state index in [4.69, 9.17) is 0 Å². The summed E-state index contributed by atoms with van der Waals surface area (Å²) in [6, 6.07) is 4.36. The van der Waals surface area contributed by atoms with Crippen LogP contribution in [0.3, 0.4) is 0 Å². The Kier molecular flexibility index (Phi) is 6.24. The average Bonchev–Trinajstić information content (AvgIpc) is 3.04. The second-order valence-electron chi connectivity index (χ2n) is 5.33. The molecule has 0 saturated carbocycles. The van der Waals surface area contributed by atoms with Gasteiger partial charge in [-0.2, -0.15) is 11.8 Å². The summed E-state index contributed by atoms with van der Waals surface area (Å²) in [6.07, 6.45) is 4.32.